The second-order valence-electron chi connectivity index (χ2n) is 4.76. The predicted molar refractivity (Wildman–Crippen MR) is 77.7 cm³/mol. The quantitative estimate of drug-likeness (QED) is 0.913. The van der Waals surface area contributed by atoms with Crippen molar-refractivity contribution in [2.75, 3.05) is 11.1 Å². The van der Waals surface area contributed by atoms with E-state index < -0.39 is 15.7 Å². The molecule has 112 valence electrons. The summed E-state index contributed by atoms with van der Waals surface area (Å²) in [4.78, 5) is 11.9. The summed E-state index contributed by atoms with van der Waals surface area (Å²) in [5.41, 5.74) is 1.62. The molecule has 0 spiro atoms. The molecular formula is C14H16N2O4S. The van der Waals surface area contributed by atoms with Crippen LogP contribution in [0.3, 0.4) is 0 Å². The van der Waals surface area contributed by atoms with Crippen molar-refractivity contribution >= 4 is 21.6 Å². The third-order valence-corrected chi connectivity index (χ3v) is 4.60. The van der Waals surface area contributed by atoms with Crippen molar-refractivity contribution < 1.29 is 17.7 Å². The highest BCUT2D eigenvalue weighted by atomic mass is 32.2. The van der Waals surface area contributed by atoms with E-state index in [2.05, 4.69) is 10.5 Å². The van der Waals surface area contributed by atoms with Gasteiger partial charge in [0.2, 0.25) is 11.8 Å². The van der Waals surface area contributed by atoms with Crippen molar-refractivity contribution in [2.45, 2.75) is 25.2 Å². The molecule has 0 bridgehead atoms. The first-order chi connectivity index (χ1) is 9.87. The number of anilines is 1. The normalized spacial score (nSPS) is 11.3. The lowest BCUT2D eigenvalue weighted by molar-refractivity contribution is -0.115. The second-order valence-corrected chi connectivity index (χ2v) is 6.87. The van der Waals surface area contributed by atoms with Crippen LogP contribution in [0.5, 0.6) is 0 Å². The first kappa shape index (κ1) is 15.2. The molecule has 0 atom stereocenters. The van der Waals surface area contributed by atoms with E-state index in [-0.39, 0.29) is 23.0 Å². The van der Waals surface area contributed by atoms with Gasteiger partial charge in [-0.2, -0.15) is 0 Å². The van der Waals surface area contributed by atoms with E-state index >= 15 is 0 Å². The van der Waals surface area contributed by atoms with Gasteiger partial charge in [0.15, 0.2) is 9.84 Å². The molecule has 2 aromatic rings. The molecule has 0 unspecified atom stereocenters. The molecule has 1 aromatic carbocycles. The van der Waals surface area contributed by atoms with Crippen molar-refractivity contribution in [3.8, 4) is 0 Å². The largest absolute Gasteiger partial charge is 0.338 e. The van der Waals surface area contributed by atoms with E-state index in [0.29, 0.717) is 5.69 Å². The van der Waals surface area contributed by atoms with Gasteiger partial charge in [0.05, 0.1) is 16.3 Å². The number of nitrogens with zero attached hydrogens (tertiary/aromatic N) is 1. The number of carbonyl (C=O) groups is 1. The minimum absolute atomic E-state index is 0.143. The summed E-state index contributed by atoms with van der Waals surface area (Å²) in [6, 6.07) is 8.10. The van der Waals surface area contributed by atoms with E-state index in [9.17, 15) is 13.2 Å². The van der Waals surface area contributed by atoms with Crippen LogP contribution in [0, 0.1) is 13.8 Å². The summed E-state index contributed by atoms with van der Waals surface area (Å²) in [7, 11) is -3.47. The van der Waals surface area contributed by atoms with E-state index in [0.717, 1.165) is 5.56 Å². The third kappa shape index (κ3) is 4.16. The minimum atomic E-state index is -3.47. The van der Waals surface area contributed by atoms with Gasteiger partial charge in [-0.05, 0) is 26.0 Å². The number of hydrogen-bond acceptors (Lipinski definition) is 5. The van der Waals surface area contributed by atoms with Crippen LogP contribution < -0.4 is 5.32 Å². The van der Waals surface area contributed by atoms with Crippen molar-refractivity contribution in [3.05, 3.63) is 41.6 Å². The molecule has 0 saturated heterocycles. The molecule has 0 saturated carbocycles. The fraction of sp³-hybridized carbons (Fsp3) is 0.286. The Morgan fingerprint density at radius 1 is 1.24 bits per heavy atom. The highest BCUT2D eigenvalue weighted by molar-refractivity contribution is 7.91. The van der Waals surface area contributed by atoms with Crippen molar-refractivity contribution in [1.29, 1.82) is 0 Å². The Kier molecular flexibility index (Phi) is 4.42. The SMILES string of the molecule is Cc1ccc(S(=O)(=O)CCC(=O)Nc2cc(C)no2)cc1. The lowest BCUT2D eigenvalue weighted by Gasteiger charge is -2.05. The number of hydrogen-bond donors (Lipinski definition) is 1. The van der Waals surface area contributed by atoms with Crippen molar-refractivity contribution in [2.24, 2.45) is 0 Å². The highest BCUT2D eigenvalue weighted by Crippen LogP contribution is 2.14. The summed E-state index contributed by atoms with van der Waals surface area (Å²) in [5, 5.41) is 6.09. The fourth-order valence-corrected chi connectivity index (χ4v) is 2.95. The van der Waals surface area contributed by atoms with Gasteiger partial charge in [0, 0.05) is 12.5 Å². The average Bonchev–Trinajstić information content (AvgIpc) is 2.82. The van der Waals surface area contributed by atoms with E-state index in [1.165, 1.54) is 0 Å². The number of aromatic nitrogens is 1. The number of benzene rings is 1. The zero-order valence-electron chi connectivity index (χ0n) is 11.8. The van der Waals surface area contributed by atoms with E-state index in [4.69, 9.17) is 4.52 Å². The van der Waals surface area contributed by atoms with Gasteiger partial charge in [-0.25, -0.2) is 8.42 Å². The monoisotopic (exact) mass is 308 g/mol. The lowest BCUT2D eigenvalue weighted by atomic mass is 10.2. The summed E-state index contributed by atoms with van der Waals surface area (Å²) in [6.07, 6.45) is -0.143. The summed E-state index contributed by atoms with van der Waals surface area (Å²) in [6.45, 7) is 3.60. The number of amides is 1. The molecule has 1 heterocycles. The van der Waals surface area contributed by atoms with Crippen LogP contribution in [0.4, 0.5) is 5.88 Å². The Morgan fingerprint density at radius 3 is 2.48 bits per heavy atom. The number of carbonyl (C=O) groups excluding carboxylic acids is 1. The average molecular weight is 308 g/mol. The maximum absolute atomic E-state index is 12.1. The predicted octanol–water partition coefficient (Wildman–Crippen LogP) is 2.09. The summed E-state index contributed by atoms with van der Waals surface area (Å²) < 4.78 is 29.0. The third-order valence-electron chi connectivity index (χ3n) is 2.87. The van der Waals surface area contributed by atoms with Gasteiger partial charge in [-0.15, -0.1) is 0 Å². The Balaban J connectivity index is 1.95. The lowest BCUT2D eigenvalue weighted by Crippen LogP contribution is -2.17. The van der Waals surface area contributed by atoms with Gasteiger partial charge >= 0.3 is 0 Å². The van der Waals surface area contributed by atoms with Gasteiger partial charge in [0.25, 0.3) is 0 Å². The Hall–Kier alpha value is -2.15. The standard InChI is InChI=1S/C14H16N2O4S/c1-10-3-5-12(6-4-10)21(18,19)8-7-13(17)15-14-9-11(2)16-20-14/h3-6,9H,7-8H2,1-2H3,(H,15,17). The number of sulfone groups is 1. The molecule has 0 aliphatic carbocycles. The minimum Gasteiger partial charge on any atom is -0.338 e. The molecule has 0 fully saturated rings. The fourth-order valence-electron chi connectivity index (χ4n) is 1.71. The topological polar surface area (TPSA) is 89.3 Å². The first-order valence-electron chi connectivity index (χ1n) is 6.39. The molecular weight excluding hydrogens is 292 g/mol. The summed E-state index contributed by atoms with van der Waals surface area (Å²) in [5.74, 6) is -0.471. The Bertz CT molecular complexity index is 733. The molecule has 21 heavy (non-hydrogen) atoms. The number of nitrogens with one attached hydrogen (secondary N) is 1. The zero-order chi connectivity index (χ0) is 15.5. The maximum atomic E-state index is 12.1. The van der Waals surface area contributed by atoms with Crippen LogP contribution in [0.15, 0.2) is 39.8 Å². The second kappa shape index (κ2) is 6.09. The van der Waals surface area contributed by atoms with Gasteiger partial charge < -0.3 is 4.52 Å². The first-order valence-corrected chi connectivity index (χ1v) is 8.05. The Morgan fingerprint density at radius 2 is 1.90 bits per heavy atom. The van der Waals surface area contributed by atoms with Crippen LogP contribution in [0.2, 0.25) is 0 Å². The van der Waals surface area contributed by atoms with Crippen LogP contribution in [-0.4, -0.2) is 25.2 Å². The number of rotatable bonds is 5. The molecule has 0 aliphatic rings. The molecule has 7 heteroatoms. The molecule has 0 radical (unpaired) electrons. The van der Waals surface area contributed by atoms with Crippen LogP contribution >= 0.6 is 0 Å². The Labute approximate surface area is 123 Å². The van der Waals surface area contributed by atoms with Crippen molar-refractivity contribution in [1.82, 2.24) is 5.16 Å². The number of aryl methyl sites for hydroxylation is 2. The van der Waals surface area contributed by atoms with Gasteiger partial charge in [-0.1, -0.05) is 22.9 Å². The van der Waals surface area contributed by atoms with Gasteiger partial charge in [-0.3, -0.25) is 10.1 Å². The van der Waals surface area contributed by atoms with Crippen molar-refractivity contribution in [3.63, 3.8) is 0 Å². The van der Waals surface area contributed by atoms with Crippen LogP contribution in [0.25, 0.3) is 0 Å². The zero-order valence-corrected chi connectivity index (χ0v) is 12.6. The van der Waals surface area contributed by atoms with E-state index in [1.54, 1.807) is 37.3 Å². The van der Waals surface area contributed by atoms with Crippen LogP contribution in [-0.2, 0) is 14.6 Å². The molecule has 1 amide bonds. The van der Waals surface area contributed by atoms with Gasteiger partial charge in [0.1, 0.15) is 0 Å². The summed E-state index contributed by atoms with van der Waals surface area (Å²) >= 11 is 0. The van der Waals surface area contributed by atoms with E-state index in [1.807, 2.05) is 6.92 Å². The van der Waals surface area contributed by atoms with Crippen LogP contribution in [0.1, 0.15) is 17.7 Å². The molecule has 6 nitrogen and oxygen atoms in total. The smallest absolute Gasteiger partial charge is 0.231 e. The molecule has 1 N–H and O–H groups in total. The highest BCUT2D eigenvalue weighted by Gasteiger charge is 2.17. The molecule has 0 aliphatic heterocycles. The molecule has 2 rings (SSSR count). The molecule has 1 aromatic heterocycles. The maximum Gasteiger partial charge on any atom is 0.231 e.